The average molecular weight is 222 g/mol. The van der Waals surface area contributed by atoms with Gasteiger partial charge in [-0.15, -0.1) is 0 Å². The summed E-state index contributed by atoms with van der Waals surface area (Å²) in [6.45, 7) is 0.508. The summed E-state index contributed by atoms with van der Waals surface area (Å²) in [6.07, 6.45) is 3.95. The van der Waals surface area contributed by atoms with Crippen LogP contribution in [0.15, 0.2) is 6.20 Å². The summed E-state index contributed by atoms with van der Waals surface area (Å²) in [4.78, 5) is 22.2. The number of Topliss-reactive ketones (excluding diaryl/α,β-unsaturated/α-hetero) is 1. The summed E-state index contributed by atoms with van der Waals surface area (Å²) < 4.78 is 6.28. The molecule has 0 saturated carbocycles. The van der Waals surface area contributed by atoms with E-state index in [1.54, 1.807) is 4.68 Å². The highest BCUT2D eigenvalue weighted by Crippen LogP contribution is 2.17. The number of ketones is 1. The lowest BCUT2D eigenvalue weighted by Crippen LogP contribution is -2.11. The highest BCUT2D eigenvalue weighted by atomic mass is 16.5. The van der Waals surface area contributed by atoms with E-state index in [9.17, 15) is 9.59 Å². The number of aryl methyl sites for hydroxylation is 2. The van der Waals surface area contributed by atoms with Gasteiger partial charge in [0.05, 0.1) is 25.8 Å². The molecule has 0 aromatic carbocycles. The smallest absolute Gasteiger partial charge is 0.307 e. The van der Waals surface area contributed by atoms with Gasteiger partial charge in [0.25, 0.3) is 0 Å². The summed E-state index contributed by atoms with van der Waals surface area (Å²) in [5, 5.41) is 4.35. The van der Waals surface area contributed by atoms with E-state index in [1.165, 1.54) is 7.11 Å². The van der Waals surface area contributed by atoms with Crippen LogP contribution >= 0.6 is 0 Å². The Morgan fingerprint density at radius 3 is 3.12 bits per heavy atom. The quantitative estimate of drug-likeness (QED) is 0.699. The number of aromatic nitrogens is 2. The van der Waals surface area contributed by atoms with Crippen LogP contribution in [-0.2, 0) is 33.7 Å². The van der Waals surface area contributed by atoms with Crippen molar-refractivity contribution in [3.8, 4) is 0 Å². The lowest BCUT2D eigenvalue weighted by atomic mass is 9.97. The highest BCUT2D eigenvalue weighted by molar-refractivity contribution is 5.82. The molecule has 0 fully saturated rings. The van der Waals surface area contributed by atoms with Crippen LogP contribution in [-0.4, -0.2) is 28.6 Å². The maximum Gasteiger partial charge on any atom is 0.307 e. The zero-order valence-corrected chi connectivity index (χ0v) is 9.23. The summed E-state index contributed by atoms with van der Waals surface area (Å²) in [5.41, 5.74) is 1.99. The Hall–Kier alpha value is -1.65. The van der Waals surface area contributed by atoms with E-state index in [1.807, 2.05) is 6.20 Å². The molecule has 0 radical (unpaired) electrons. The molecule has 0 spiro atoms. The number of carbonyl (C=O) groups is 2. The molecule has 0 amide bonds. The molecular formula is C11H14N2O3. The van der Waals surface area contributed by atoms with Gasteiger partial charge in [-0.2, -0.15) is 5.10 Å². The Morgan fingerprint density at radius 1 is 1.56 bits per heavy atom. The summed E-state index contributed by atoms with van der Waals surface area (Å²) in [5.74, 6) is 0.0181. The SMILES string of the molecule is COC(=O)CCn1cc2c(n1)CCC(=O)C2. The molecule has 86 valence electrons. The van der Waals surface area contributed by atoms with Crippen molar-refractivity contribution < 1.29 is 14.3 Å². The number of methoxy groups -OCH3 is 1. The van der Waals surface area contributed by atoms with Gasteiger partial charge in [0.15, 0.2) is 0 Å². The lowest BCUT2D eigenvalue weighted by Gasteiger charge is -2.06. The van der Waals surface area contributed by atoms with Crippen LogP contribution in [0.4, 0.5) is 0 Å². The molecule has 0 saturated heterocycles. The third-order valence-electron chi connectivity index (χ3n) is 2.73. The normalized spacial score (nSPS) is 14.7. The Labute approximate surface area is 93.4 Å². The second-order valence-corrected chi connectivity index (χ2v) is 3.91. The maximum absolute atomic E-state index is 11.2. The van der Waals surface area contributed by atoms with E-state index in [4.69, 9.17) is 0 Å². The van der Waals surface area contributed by atoms with E-state index >= 15 is 0 Å². The topological polar surface area (TPSA) is 61.2 Å². The predicted molar refractivity (Wildman–Crippen MR) is 55.9 cm³/mol. The number of rotatable bonds is 3. The van der Waals surface area contributed by atoms with Crippen molar-refractivity contribution in [1.82, 2.24) is 9.78 Å². The van der Waals surface area contributed by atoms with Gasteiger partial charge in [0.1, 0.15) is 5.78 Å². The van der Waals surface area contributed by atoms with Gasteiger partial charge in [-0.3, -0.25) is 14.3 Å². The fraction of sp³-hybridized carbons (Fsp3) is 0.545. The van der Waals surface area contributed by atoms with Gasteiger partial charge in [-0.05, 0) is 6.42 Å². The first-order valence-corrected chi connectivity index (χ1v) is 5.33. The van der Waals surface area contributed by atoms with Crippen molar-refractivity contribution in [3.05, 3.63) is 17.5 Å². The van der Waals surface area contributed by atoms with Crippen molar-refractivity contribution in [2.24, 2.45) is 0 Å². The van der Waals surface area contributed by atoms with Gasteiger partial charge < -0.3 is 4.74 Å². The minimum atomic E-state index is -0.246. The first-order chi connectivity index (χ1) is 7.69. The molecule has 0 unspecified atom stereocenters. The molecule has 0 N–H and O–H groups in total. The number of nitrogens with zero attached hydrogens (tertiary/aromatic N) is 2. The first-order valence-electron chi connectivity index (χ1n) is 5.33. The summed E-state index contributed by atoms with van der Waals surface area (Å²) in [6, 6.07) is 0. The molecular weight excluding hydrogens is 208 g/mol. The molecule has 16 heavy (non-hydrogen) atoms. The van der Waals surface area contributed by atoms with Crippen molar-refractivity contribution in [2.75, 3.05) is 7.11 Å². The van der Waals surface area contributed by atoms with Crippen molar-refractivity contribution in [3.63, 3.8) is 0 Å². The van der Waals surface area contributed by atoms with Gasteiger partial charge >= 0.3 is 5.97 Å². The van der Waals surface area contributed by atoms with Crippen LogP contribution in [0.3, 0.4) is 0 Å². The highest BCUT2D eigenvalue weighted by Gasteiger charge is 2.18. The average Bonchev–Trinajstić information content (AvgIpc) is 2.67. The minimum Gasteiger partial charge on any atom is -0.469 e. The second kappa shape index (κ2) is 4.47. The molecule has 1 aliphatic carbocycles. The molecule has 1 aromatic heterocycles. The van der Waals surface area contributed by atoms with Crippen LogP contribution in [0.5, 0.6) is 0 Å². The molecule has 5 heteroatoms. The van der Waals surface area contributed by atoms with Gasteiger partial charge in [0.2, 0.25) is 0 Å². The van der Waals surface area contributed by atoms with E-state index in [0.29, 0.717) is 25.8 Å². The Kier molecular flexibility index (Phi) is 3.03. The number of fused-ring (bicyclic) bond motifs is 1. The van der Waals surface area contributed by atoms with Crippen LogP contribution < -0.4 is 0 Å². The Balaban J connectivity index is 2.02. The second-order valence-electron chi connectivity index (χ2n) is 3.91. The van der Waals surface area contributed by atoms with Crippen LogP contribution in [0.25, 0.3) is 0 Å². The van der Waals surface area contributed by atoms with E-state index in [-0.39, 0.29) is 11.8 Å². The first kappa shape index (κ1) is 10.9. The van der Waals surface area contributed by atoms with E-state index in [2.05, 4.69) is 9.84 Å². The third kappa shape index (κ3) is 2.29. The number of ether oxygens (including phenoxy) is 1. The number of carbonyl (C=O) groups excluding carboxylic acids is 2. The molecule has 1 aromatic rings. The van der Waals surface area contributed by atoms with E-state index in [0.717, 1.165) is 17.7 Å². The Bertz CT molecular complexity index is 423. The molecule has 1 aliphatic rings. The van der Waals surface area contributed by atoms with Crippen LogP contribution in [0.1, 0.15) is 24.1 Å². The van der Waals surface area contributed by atoms with Crippen molar-refractivity contribution >= 4 is 11.8 Å². The van der Waals surface area contributed by atoms with Crippen molar-refractivity contribution in [1.29, 1.82) is 0 Å². The summed E-state index contributed by atoms with van der Waals surface area (Å²) >= 11 is 0. The molecule has 0 atom stereocenters. The number of esters is 1. The number of hydrogen-bond donors (Lipinski definition) is 0. The van der Waals surface area contributed by atoms with E-state index < -0.39 is 0 Å². The monoisotopic (exact) mass is 222 g/mol. The fourth-order valence-corrected chi connectivity index (χ4v) is 1.84. The minimum absolute atomic E-state index is 0.246. The molecule has 0 aliphatic heterocycles. The lowest BCUT2D eigenvalue weighted by molar-refractivity contribution is -0.140. The Morgan fingerprint density at radius 2 is 2.38 bits per heavy atom. The largest absolute Gasteiger partial charge is 0.469 e. The summed E-state index contributed by atoms with van der Waals surface area (Å²) in [7, 11) is 1.37. The van der Waals surface area contributed by atoms with Crippen LogP contribution in [0, 0.1) is 0 Å². The van der Waals surface area contributed by atoms with Gasteiger partial charge in [-0.1, -0.05) is 0 Å². The predicted octanol–water partition coefficient (Wildman–Crippen LogP) is 0.504. The standard InChI is InChI=1S/C11H14N2O3/c1-16-11(15)4-5-13-7-8-6-9(14)2-3-10(8)12-13/h7H,2-6H2,1H3. The van der Waals surface area contributed by atoms with Gasteiger partial charge in [-0.25, -0.2) is 0 Å². The number of hydrogen-bond acceptors (Lipinski definition) is 4. The molecule has 5 nitrogen and oxygen atoms in total. The van der Waals surface area contributed by atoms with Crippen molar-refractivity contribution in [2.45, 2.75) is 32.2 Å². The zero-order chi connectivity index (χ0) is 11.5. The molecule has 0 bridgehead atoms. The maximum atomic E-state index is 11.2. The third-order valence-corrected chi connectivity index (χ3v) is 2.73. The fourth-order valence-electron chi connectivity index (χ4n) is 1.84. The van der Waals surface area contributed by atoms with Crippen LogP contribution in [0.2, 0.25) is 0 Å². The molecule has 2 rings (SSSR count). The molecule has 1 heterocycles. The van der Waals surface area contributed by atoms with Gasteiger partial charge in [0, 0.05) is 24.6 Å². The zero-order valence-electron chi connectivity index (χ0n) is 9.23.